The van der Waals surface area contributed by atoms with Crippen molar-refractivity contribution in [1.29, 1.82) is 0 Å². The first-order valence-corrected chi connectivity index (χ1v) is 17.2. The van der Waals surface area contributed by atoms with Crippen LogP contribution in [0.25, 0.3) is 0 Å². The second-order valence-corrected chi connectivity index (χ2v) is 14.4. The minimum atomic E-state index is -6.00. The van der Waals surface area contributed by atoms with Gasteiger partial charge < -0.3 is 36.8 Å². The summed E-state index contributed by atoms with van der Waals surface area (Å²) in [5.74, 6) is 0.725. The molecular weight excluding hydrogens is 639 g/mol. The summed E-state index contributed by atoms with van der Waals surface area (Å²) in [6.07, 6.45) is 10.3. The average Bonchev–Trinajstić information content (AvgIpc) is 2.89. The standard InChI is InChI=1S/C29H38N2O7S2.BF4/c1-29(2,3)28-21-23(11-7-8-16-30-24-12-5-4-6-13-24)26-15-14-25(22-27(26)38-28)31(17-9-19-39(32,33)34)18-10-20-40(35,36)37;2-1(3,4)5/h4-8,11-16,21-23,30H,9-10,17-20H2,1-3H3,(H,32,33,34)(H,35,36,37);/q;-1/p+1/b11-7+,16-8+;. The lowest BCUT2D eigenvalue weighted by Gasteiger charge is -2.32. The van der Waals surface area contributed by atoms with Crippen LogP contribution in [0.15, 0.2) is 84.8 Å². The Balaban J connectivity index is 0.00000130. The van der Waals surface area contributed by atoms with E-state index in [9.17, 15) is 34.1 Å². The maximum absolute atomic E-state index is 11.3. The van der Waals surface area contributed by atoms with E-state index in [0.717, 1.165) is 22.7 Å². The van der Waals surface area contributed by atoms with E-state index in [2.05, 4.69) is 38.2 Å². The van der Waals surface area contributed by atoms with Crippen molar-refractivity contribution in [1.82, 2.24) is 0 Å². The Morgan fingerprint density at radius 1 is 0.978 bits per heavy atom. The zero-order valence-electron chi connectivity index (χ0n) is 25.2. The first-order valence-electron chi connectivity index (χ1n) is 13.9. The van der Waals surface area contributed by atoms with Gasteiger partial charge >= 0.3 is 17.4 Å². The number of anilines is 2. The molecule has 250 valence electrons. The number of benzene rings is 2. The van der Waals surface area contributed by atoms with Gasteiger partial charge in [0, 0.05) is 53.6 Å². The number of rotatable bonds is 13. The predicted octanol–water partition coefficient (Wildman–Crippen LogP) is 6.10. The molecule has 9 nitrogen and oxygen atoms in total. The van der Waals surface area contributed by atoms with Gasteiger partial charge in [-0.3, -0.25) is 4.55 Å². The topological polar surface area (TPSA) is 136 Å². The lowest BCUT2D eigenvalue weighted by Crippen LogP contribution is -2.29. The predicted molar refractivity (Wildman–Crippen MR) is 171 cm³/mol. The van der Waals surface area contributed by atoms with E-state index in [1.807, 2.05) is 71.8 Å². The van der Waals surface area contributed by atoms with Gasteiger partial charge in [-0.1, -0.05) is 57.2 Å². The van der Waals surface area contributed by atoms with Crippen LogP contribution in [0.2, 0.25) is 0 Å². The summed E-state index contributed by atoms with van der Waals surface area (Å²) in [4.78, 5) is 1.86. The van der Waals surface area contributed by atoms with Crippen molar-refractivity contribution in [2.24, 2.45) is 5.41 Å². The summed E-state index contributed by atoms with van der Waals surface area (Å²) in [6.45, 7) is 6.79. The van der Waals surface area contributed by atoms with E-state index in [1.165, 1.54) is 0 Å². The molecule has 1 aliphatic heterocycles. The molecule has 0 spiro atoms. The lowest BCUT2D eigenvalue weighted by atomic mass is 9.86. The Kier molecular flexibility index (Phi) is 13.7. The molecule has 1 heterocycles. The highest BCUT2D eigenvalue weighted by atomic mass is 32.2. The Hall–Kier alpha value is -3.34. The van der Waals surface area contributed by atoms with Gasteiger partial charge in [-0.05, 0) is 43.2 Å². The average molecular weight is 679 g/mol. The molecule has 0 radical (unpaired) electrons. The Labute approximate surface area is 262 Å². The van der Waals surface area contributed by atoms with Gasteiger partial charge in [0.05, 0.1) is 5.75 Å². The van der Waals surface area contributed by atoms with Gasteiger partial charge in [-0.2, -0.15) is 16.8 Å². The quantitative estimate of drug-likeness (QED) is 0.0853. The zero-order chi connectivity index (χ0) is 33.9. The third kappa shape index (κ3) is 16.0. The van der Waals surface area contributed by atoms with Crippen molar-refractivity contribution < 1.29 is 47.9 Å². The van der Waals surface area contributed by atoms with Crippen molar-refractivity contribution >= 4 is 38.9 Å². The summed E-state index contributed by atoms with van der Waals surface area (Å²) < 4.78 is 107. The molecule has 0 aliphatic carbocycles. The number of nitrogens with one attached hydrogen (secondary N) is 1. The van der Waals surface area contributed by atoms with Crippen LogP contribution in [0, 0.1) is 5.41 Å². The van der Waals surface area contributed by atoms with Crippen LogP contribution >= 0.6 is 0 Å². The molecule has 2 aromatic rings. The monoisotopic (exact) mass is 678 g/mol. The van der Waals surface area contributed by atoms with Gasteiger partial charge in [-0.15, -0.1) is 0 Å². The number of nitrogens with zero attached hydrogens (tertiary/aromatic N) is 1. The van der Waals surface area contributed by atoms with E-state index < -0.39 is 33.2 Å². The van der Waals surface area contributed by atoms with Crippen molar-refractivity contribution in [2.45, 2.75) is 39.5 Å². The first-order chi connectivity index (χ1) is 20.7. The molecule has 2 aromatic carbocycles. The highest BCUT2D eigenvalue weighted by Crippen LogP contribution is 2.42. The first kappa shape index (κ1) is 37.9. The summed E-state index contributed by atoms with van der Waals surface area (Å²) in [6, 6.07) is 15.6. The number of allylic oxidation sites excluding steroid dienone is 5. The Morgan fingerprint density at radius 2 is 1.58 bits per heavy atom. The number of hydrogen-bond acceptors (Lipinski definition) is 7. The lowest BCUT2D eigenvalue weighted by molar-refractivity contribution is 0.282. The van der Waals surface area contributed by atoms with Crippen LogP contribution in [0.5, 0.6) is 5.75 Å². The molecule has 45 heavy (non-hydrogen) atoms. The highest BCUT2D eigenvalue weighted by Gasteiger charge is 2.28. The number of hydrogen-bond donors (Lipinski definition) is 2. The number of para-hydroxylation sites is 1. The van der Waals surface area contributed by atoms with Crippen molar-refractivity contribution in [3.05, 3.63) is 90.4 Å². The zero-order valence-corrected chi connectivity index (χ0v) is 26.8. The molecule has 1 atom stereocenters. The Morgan fingerprint density at radius 3 is 2.13 bits per heavy atom. The van der Waals surface area contributed by atoms with Crippen molar-refractivity contribution in [3.8, 4) is 5.75 Å². The minimum Gasteiger partial charge on any atom is -0.461 e. The van der Waals surface area contributed by atoms with Crippen LogP contribution in [0.3, 0.4) is 0 Å². The third-order valence-corrected chi connectivity index (χ3v) is 7.86. The van der Waals surface area contributed by atoms with Crippen LogP contribution < -0.4 is 15.0 Å². The molecule has 0 aromatic heterocycles. The molecule has 0 fully saturated rings. The normalized spacial score (nSPS) is 15.6. The van der Waals surface area contributed by atoms with Gasteiger partial charge in [-0.25, -0.2) is 0 Å². The maximum Gasteiger partial charge on any atom is 0.673 e. The fourth-order valence-electron chi connectivity index (χ4n) is 4.22. The summed E-state index contributed by atoms with van der Waals surface area (Å²) in [5.41, 5.74) is 2.44. The SMILES string of the molecule is CC(C)(C)C1=CC(/C=C/C=C/Nc2ccccc2)c2ccc(N(CCCS(=O)(=O)O)CCCS(=O)(=O)[OH2+])cc2O1.F[B-](F)(F)F. The Bertz CT molecular complexity index is 1520. The summed E-state index contributed by atoms with van der Waals surface area (Å²) in [7, 11) is -14.0. The van der Waals surface area contributed by atoms with Crippen LogP contribution in [0.4, 0.5) is 28.6 Å². The van der Waals surface area contributed by atoms with Crippen LogP contribution in [-0.2, 0) is 20.2 Å². The van der Waals surface area contributed by atoms with Crippen molar-refractivity contribution in [3.63, 3.8) is 0 Å². The number of fused-ring (bicyclic) bond motifs is 1. The fraction of sp³-hybridized carbons (Fsp3) is 0.379. The molecule has 0 saturated heterocycles. The van der Waals surface area contributed by atoms with E-state index in [-0.39, 0.29) is 36.5 Å². The summed E-state index contributed by atoms with van der Waals surface area (Å²) in [5, 5.41) is 3.23. The molecule has 1 unspecified atom stereocenters. The fourth-order valence-corrected chi connectivity index (χ4v) is 5.23. The molecule has 1 aliphatic rings. The van der Waals surface area contributed by atoms with E-state index in [4.69, 9.17) is 13.8 Å². The van der Waals surface area contributed by atoms with E-state index in [0.29, 0.717) is 12.3 Å². The van der Waals surface area contributed by atoms with Gasteiger partial charge in [0.25, 0.3) is 10.1 Å². The van der Waals surface area contributed by atoms with Crippen LogP contribution in [0.1, 0.15) is 45.1 Å². The van der Waals surface area contributed by atoms with E-state index in [1.54, 1.807) is 0 Å². The largest absolute Gasteiger partial charge is 0.673 e. The molecular formula is C29H39BF4N2O7S2. The second kappa shape index (κ2) is 16.3. The molecule has 0 saturated carbocycles. The molecule has 0 bridgehead atoms. The molecule has 0 amide bonds. The molecule has 3 rings (SSSR count). The number of halogens is 4. The van der Waals surface area contributed by atoms with Crippen molar-refractivity contribution in [2.75, 3.05) is 34.8 Å². The molecule has 16 heteroatoms. The minimum absolute atomic E-state index is 0.0464. The van der Waals surface area contributed by atoms with Gasteiger partial charge in [0.1, 0.15) is 17.3 Å². The number of ether oxygens (including phenoxy) is 1. The van der Waals surface area contributed by atoms with Gasteiger partial charge in [0.2, 0.25) is 0 Å². The molecule has 4 N–H and O–H groups in total. The third-order valence-electron chi connectivity index (χ3n) is 6.23. The summed E-state index contributed by atoms with van der Waals surface area (Å²) >= 11 is 0. The maximum atomic E-state index is 11.3. The highest BCUT2D eigenvalue weighted by molar-refractivity contribution is 7.86. The van der Waals surface area contributed by atoms with Crippen LogP contribution in [-0.4, -0.2) is 57.8 Å². The van der Waals surface area contributed by atoms with E-state index >= 15 is 0 Å². The van der Waals surface area contributed by atoms with Gasteiger partial charge in [0.15, 0.2) is 0 Å². The smallest absolute Gasteiger partial charge is 0.461 e. The second-order valence-electron chi connectivity index (χ2n) is 11.2.